The molecule has 1 aliphatic heterocycles. The highest BCUT2D eigenvalue weighted by atomic mass is 32.2. The lowest BCUT2D eigenvalue weighted by atomic mass is 10.1. The van der Waals surface area contributed by atoms with E-state index in [1.165, 1.54) is 4.90 Å². The summed E-state index contributed by atoms with van der Waals surface area (Å²) in [7, 11) is 1.69. The van der Waals surface area contributed by atoms with E-state index in [0.29, 0.717) is 11.3 Å². The van der Waals surface area contributed by atoms with Gasteiger partial charge >= 0.3 is 0 Å². The van der Waals surface area contributed by atoms with Gasteiger partial charge in [0.1, 0.15) is 5.75 Å². The first kappa shape index (κ1) is 13.7. The van der Waals surface area contributed by atoms with Crippen molar-refractivity contribution in [2.24, 2.45) is 0 Å². The molecule has 0 aromatic heterocycles. The van der Waals surface area contributed by atoms with Crippen molar-refractivity contribution in [3.63, 3.8) is 0 Å². The van der Waals surface area contributed by atoms with Crippen LogP contribution in [0.15, 0.2) is 29.2 Å². The third-order valence-corrected chi connectivity index (χ3v) is 4.43. The Morgan fingerprint density at radius 2 is 2.17 bits per heavy atom. The van der Waals surface area contributed by atoms with Crippen LogP contribution in [0.5, 0.6) is 5.75 Å². The van der Waals surface area contributed by atoms with Crippen LogP contribution in [0.25, 0.3) is 0 Å². The van der Waals surface area contributed by atoms with Crippen molar-refractivity contribution >= 4 is 11.8 Å². The van der Waals surface area contributed by atoms with Gasteiger partial charge in [0.05, 0.1) is 13.7 Å². The van der Waals surface area contributed by atoms with Crippen molar-refractivity contribution in [1.29, 1.82) is 0 Å². The molecule has 2 rings (SSSR count). The van der Waals surface area contributed by atoms with Gasteiger partial charge in [0.15, 0.2) is 0 Å². The van der Waals surface area contributed by atoms with E-state index in [9.17, 15) is 0 Å². The molecule has 0 amide bonds. The van der Waals surface area contributed by atoms with E-state index in [1.807, 2.05) is 23.9 Å². The number of hydrogen-bond acceptors (Lipinski definition) is 4. The van der Waals surface area contributed by atoms with Crippen LogP contribution in [-0.4, -0.2) is 38.2 Å². The molecule has 18 heavy (non-hydrogen) atoms. The van der Waals surface area contributed by atoms with Crippen molar-refractivity contribution < 1.29 is 9.47 Å². The van der Waals surface area contributed by atoms with Crippen LogP contribution in [0.3, 0.4) is 0 Å². The van der Waals surface area contributed by atoms with Crippen molar-refractivity contribution in [3.8, 4) is 5.75 Å². The van der Waals surface area contributed by atoms with Gasteiger partial charge in [-0.05, 0) is 37.2 Å². The van der Waals surface area contributed by atoms with Crippen molar-refractivity contribution in [2.75, 3.05) is 26.9 Å². The van der Waals surface area contributed by atoms with Crippen LogP contribution < -0.4 is 10.1 Å². The van der Waals surface area contributed by atoms with Gasteiger partial charge in [0.25, 0.3) is 0 Å². The summed E-state index contributed by atoms with van der Waals surface area (Å²) in [5.41, 5.74) is 0. The Hall–Kier alpha value is -0.710. The van der Waals surface area contributed by atoms with E-state index in [4.69, 9.17) is 9.47 Å². The number of rotatable bonds is 5. The summed E-state index contributed by atoms with van der Waals surface area (Å²) in [5, 5.41) is 4.04. The molecule has 4 heteroatoms. The number of benzene rings is 1. The maximum atomic E-state index is 5.59. The molecule has 1 fully saturated rings. The maximum Gasteiger partial charge on any atom is 0.118 e. The normalized spacial score (nSPS) is 23.9. The molecule has 2 unspecified atom stereocenters. The first-order valence-electron chi connectivity index (χ1n) is 6.45. The minimum absolute atomic E-state index is 0.493. The fourth-order valence-corrected chi connectivity index (χ4v) is 3.36. The van der Waals surface area contributed by atoms with Gasteiger partial charge in [0.2, 0.25) is 0 Å². The van der Waals surface area contributed by atoms with Crippen LogP contribution in [0, 0.1) is 0 Å². The molecular formula is C14H21NO2S. The summed E-state index contributed by atoms with van der Waals surface area (Å²) in [6, 6.07) is 8.79. The Morgan fingerprint density at radius 1 is 1.39 bits per heavy atom. The zero-order valence-corrected chi connectivity index (χ0v) is 11.8. The van der Waals surface area contributed by atoms with Crippen molar-refractivity contribution in [2.45, 2.75) is 29.5 Å². The zero-order valence-electron chi connectivity index (χ0n) is 11.0. The zero-order chi connectivity index (χ0) is 12.8. The van der Waals surface area contributed by atoms with Gasteiger partial charge in [-0.2, -0.15) is 0 Å². The number of nitrogens with one attached hydrogen (secondary N) is 1. The van der Waals surface area contributed by atoms with Crippen LogP contribution in [0.2, 0.25) is 0 Å². The van der Waals surface area contributed by atoms with Gasteiger partial charge in [-0.3, -0.25) is 0 Å². The molecule has 0 aliphatic carbocycles. The second-order valence-corrected chi connectivity index (χ2v) is 5.67. The molecule has 0 radical (unpaired) electrons. The lowest BCUT2D eigenvalue weighted by Crippen LogP contribution is -2.44. The van der Waals surface area contributed by atoms with E-state index < -0.39 is 0 Å². The summed E-state index contributed by atoms with van der Waals surface area (Å²) >= 11 is 1.89. The Balaban J connectivity index is 1.96. The molecule has 1 heterocycles. The molecule has 1 N–H and O–H groups in total. The molecule has 100 valence electrons. The summed E-state index contributed by atoms with van der Waals surface area (Å²) in [6.07, 6.45) is 1.10. The van der Waals surface area contributed by atoms with Crippen LogP contribution in [0.1, 0.15) is 13.3 Å². The monoisotopic (exact) mass is 267 g/mol. The van der Waals surface area contributed by atoms with E-state index in [2.05, 4.69) is 24.4 Å². The Morgan fingerprint density at radius 3 is 2.83 bits per heavy atom. The smallest absolute Gasteiger partial charge is 0.118 e. The highest BCUT2D eigenvalue weighted by Gasteiger charge is 2.25. The standard InChI is InChI=1S/C14H21NO2S/c1-3-15-13-8-9-17-10-14(13)18-12-6-4-11(16-2)5-7-12/h4-7,13-15H,3,8-10H2,1-2H3. The van der Waals surface area contributed by atoms with Gasteiger partial charge < -0.3 is 14.8 Å². The number of methoxy groups -OCH3 is 1. The molecule has 0 saturated carbocycles. The third-order valence-electron chi connectivity index (χ3n) is 3.12. The lowest BCUT2D eigenvalue weighted by molar-refractivity contribution is 0.0837. The van der Waals surface area contributed by atoms with Crippen molar-refractivity contribution in [1.82, 2.24) is 5.32 Å². The van der Waals surface area contributed by atoms with Crippen LogP contribution in [0.4, 0.5) is 0 Å². The average molecular weight is 267 g/mol. The highest BCUT2D eigenvalue weighted by molar-refractivity contribution is 8.00. The second-order valence-electron chi connectivity index (χ2n) is 4.36. The van der Waals surface area contributed by atoms with Crippen LogP contribution >= 0.6 is 11.8 Å². The molecule has 0 spiro atoms. The number of ether oxygens (including phenoxy) is 2. The fraction of sp³-hybridized carbons (Fsp3) is 0.571. The highest BCUT2D eigenvalue weighted by Crippen LogP contribution is 2.30. The summed E-state index contributed by atoms with van der Waals surface area (Å²) in [6.45, 7) is 4.88. The van der Waals surface area contributed by atoms with Gasteiger partial charge in [-0.25, -0.2) is 0 Å². The number of thioether (sulfide) groups is 1. The first-order chi connectivity index (χ1) is 8.83. The average Bonchev–Trinajstić information content (AvgIpc) is 2.42. The molecule has 1 aliphatic rings. The molecule has 1 aromatic carbocycles. The molecule has 2 atom stereocenters. The predicted molar refractivity (Wildman–Crippen MR) is 75.5 cm³/mol. The Kier molecular flexibility index (Phi) is 5.35. The summed E-state index contributed by atoms with van der Waals surface area (Å²) in [5.74, 6) is 0.905. The molecule has 1 saturated heterocycles. The van der Waals surface area contributed by atoms with E-state index >= 15 is 0 Å². The van der Waals surface area contributed by atoms with Crippen LogP contribution in [-0.2, 0) is 4.74 Å². The fourth-order valence-electron chi connectivity index (χ4n) is 2.15. The first-order valence-corrected chi connectivity index (χ1v) is 7.33. The predicted octanol–water partition coefficient (Wildman–Crippen LogP) is 2.55. The molecule has 0 bridgehead atoms. The maximum absolute atomic E-state index is 5.59. The molecule has 1 aromatic rings. The van der Waals surface area contributed by atoms with Gasteiger partial charge in [0, 0.05) is 22.8 Å². The summed E-state index contributed by atoms with van der Waals surface area (Å²) < 4.78 is 10.8. The SMILES string of the molecule is CCNC1CCOCC1Sc1ccc(OC)cc1. The third kappa shape index (κ3) is 3.64. The van der Waals surface area contributed by atoms with Crippen molar-refractivity contribution in [3.05, 3.63) is 24.3 Å². The molecule has 3 nitrogen and oxygen atoms in total. The van der Waals surface area contributed by atoms with Gasteiger partial charge in [-0.1, -0.05) is 6.92 Å². The second kappa shape index (κ2) is 7.02. The minimum Gasteiger partial charge on any atom is -0.497 e. The quantitative estimate of drug-likeness (QED) is 0.888. The topological polar surface area (TPSA) is 30.5 Å². The van der Waals surface area contributed by atoms with Gasteiger partial charge in [-0.15, -0.1) is 11.8 Å². The minimum atomic E-state index is 0.493. The Bertz CT molecular complexity index is 353. The Labute approximate surface area is 113 Å². The lowest BCUT2D eigenvalue weighted by Gasteiger charge is -2.31. The largest absolute Gasteiger partial charge is 0.497 e. The van der Waals surface area contributed by atoms with E-state index in [-0.39, 0.29) is 0 Å². The van der Waals surface area contributed by atoms with E-state index in [0.717, 1.165) is 31.9 Å². The van der Waals surface area contributed by atoms with E-state index in [1.54, 1.807) is 7.11 Å². The molecular weight excluding hydrogens is 246 g/mol. The number of hydrogen-bond donors (Lipinski definition) is 1. The summed E-state index contributed by atoms with van der Waals surface area (Å²) in [4.78, 5) is 1.27.